The highest BCUT2D eigenvalue weighted by Gasteiger charge is 2.30. The number of rotatable bonds is 5. The van der Waals surface area contributed by atoms with Gasteiger partial charge < -0.3 is 10.2 Å². The van der Waals surface area contributed by atoms with Crippen molar-refractivity contribution in [3.05, 3.63) is 0 Å². The smallest absolute Gasteiger partial charge is 0.239 e. The fraction of sp³-hybridized carbons (Fsp3) is 0.917. The molecule has 15 heavy (non-hydrogen) atoms. The highest BCUT2D eigenvalue weighted by atomic mass is 16.2. The molecule has 1 heterocycles. The molecule has 2 aliphatic rings. The summed E-state index contributed by atoms with van der Waals surface area (Å²) in [6.45, 7) is 5.10. The minimum Gasteiger partial charge on any atom is -0.341 e. The van der Waals surface area contributed by atoms with Crippen LogP contribution in [0.5, 0.6) is 0 Å². The largest absolute Gasteiger partial charge is 0.341 e. The third-order valence-electron chi connectivity index (χ3n) is 3.34. The molecule has 1 amide bonds. The number of hydrogen-bond acceptors (Lipinski definition) is 2. The monoisotopic (exact) mass is 210 g/mol. The Hall–Kier alpha value is -0.570. The molecule has 0 spiro atoms. The lowest BCUT2D eigenvalue weighted by Crippen LogP contribution is -2.44. The van der Waals surface area contributed by atoms with Crippen molar-refractivity contribution in [3.63, 3.8) is 0 Å². The molecule has 0 aromatic rings. The summed E-state index contributed by atoms with van der Waals surface area (Å²) in [5.74, 6) is 1.16. The summed E-state index contributed by atoms with van der Waals surface area (Å²) in [6, 6.07) is 0.121. The number of amides is 1. The van der Waals surface area contributed by atoms with Gasteiger partial charge in [0.05, 0.1) is 6.04 Å². The zero-order valence-corrected chi connectivity index (χ0v) is 9.67. The van der Waals surface area contributed by atoms with Gasteiger partial charge >= 0.3 is 0 Å². The van der Waals surface area contributed by atoms with E-state index in [1.165, 1.54) is 12.8 Å². The Morgan fingerprint density at radius 3 is 2.73 bits per heavy atom. The number of carbonyl (C=O) groups excluding carboxylic acids is 1. The lowest BCUT2D eigenvalue weighted by Gasteiger charge is -2.25. The van der Waals surface area contributed by atoms with Gasteiger partial charge in [-0.3, -0.25) is 4.79 Å². The molecule has 3 heteroatoms. The van der Waals surface area contributed by atoms with Gasteiger partial charge in [-0.15, -0.1) is 0 Å². The zero-order chi connectivity index (χ0) is 10.7. The summed E-state index contributed by atoms with van der Waals surface area (Å²) < 4.78 is 0. The molecule has 0 radical (unpaired) electrons. The van der Waals surface area contributed by atoms with Crippen LogP contribution in [0.2, 0.25) is 0 Å². The summed E-state index contributed by atoms with van der Waals surface area (Å²) in [5.41, 5.74) is 0. The van der Waals surface area contributed by atoms with Crippen LogP contribution in [-0.2, 0) is 4.79 Å². The van der Waals surface area contributed by atoms with Crippen molar-refractivity contribution in [1.82, 2.24) is 10.2 Å². The third kappa shape index (κ3) is 2.94. The first-order chi connectivity index (χ1) is 7.31. The average Bonchev–Trinajstić information content (AvgIpc) is 2.88. The van der Waals surface area contributed by atoms with E-state index in [1.807, 2.05) is 0 Å². The Bertz CT molecular complexity index is 220. The molecule has 0 aromatic heterocycles. The molecule has 1 aliphatic heterocycles. The lowest BCUT2D eigenvalue weighted by molar-refractivity contribution is -0.133. The van der Waals surface area contributed by atoms with Crippen LogP contribution in [-0.4, -0.2) is 36.5 Å². The van der Waals surface area contributed by atoms with Crippen LogP contribution in [0.1, 0.15) is 39.0 Å². The van der Waals surface area contributed by atoms with E-state index in [-0.39, 0.29) is 6.04 Å². The van der Waals surface area contributed by atoms with Crippen molar-refractivity contribution in [1.29, 1.82) is 0 Å². The maximum Gasteiger partial charge on any atom is 0.239 e. The van der Waals surface area contributed by atoms with Gasteiger partial charge in [0.2, 0.25) is 5.91 Å². The Balaban J connectivity index is 1.86. The molecule has 0 aromatic carbocycles. The van der Waals surface area contributed by atoms with Crippen LogP contribution in [0.15, 0.2) is 0 Å². The molecular weight excluding hydrogens is 188 g/mol. The lowest BCUT2D eigenvalue weighted by atomic mass is 10.2. The van der Waals surface area contributed by atoms with Crippen LogP contribution in [0, 0.1) is 5.92 Å². The fourth-order valence-electron chi connectivity index (χ4n) is 2.29. The fourth-order valence-corrected chi connectivity index (χ4v) is 2.29. The topological polar surface area (TPSA) is 32.3 Å². The van der Waals surface area contributed by atoms with Crippen LogP contribution >= 0.6 is 0 Å². The normalized spacial score (nSPS) is 25.5. The Morgan fingerprint density at radius 2 is 2.20 bits per heavy atom. The number of nitrogens with one attached hydrogen (secondary N) is 1. The Kier molecular flexibility index (Phi) is 3.62. The molecule has 86 valence electrons. The van der Waals surface area contributed by atoms with Gasteiger partial charge in [-0.25, -0.2) is 0 Å². The molecule has 0 bridgehead atoms. The van der Waals surface area contributed by atoms with Gasteiger partial charge in [0.25, 0.3) is 0 Å². The van der Waals surface area contributed by atoms with E-state index < -0.39 is 0 Å². The van der Waals surface area contributed by atoms with Gasteiger partial charge in [0, 0.05) is 13.1 Å². The van der Waals surface area contributed by atoms with Crippen molar-refractivity contribution in [2.24, 2.45) is 5.92 Å². The first kappa shape index (κ1) is 10.9. The van der Waals surface area contributed by atoms with E-state index in [0.29, 0.717) is 5.91 Å². The molecule has 1 aliphatic carbocycles. The Morgan fingerprint density at radius 1 is 1.40 bits per heavy atom. The van der Waals surface area contributed by atoms with Gasteiger partial charge in [0.1, 0.15) is 0 Å². The van der Waals surface area contributed by atoms with E-state index in [9.17, 15) is 4.79 Å². The molecule has 2 rings (SSSR count). The van der Waals surface area contributed by atoms with Gasteiger partial charge in [-0.1, -0.05) is 6.92 Å². The summed E-state index contributed by atoms with van der Waals surface area (Å²) >= 11 is 0. The van der Waals surface area contributed by atoms with Gasteiger partial charge in [-0.05, 0) is 44.6 Å². The second-order valence-corrected chi connectivity index (χ2v) is 4.88. The first-order valence-electron chi connectivity index (χ1n) is 6.33. The molecule has 1 N–H and O–H groups in total. The predicted octanol–water partition coefficient (Wildman–Crippen LogP) is 1.39. The minimum atomic E-state index is 0.121. The Labute approximate surface area is 92.2 Å². The highest BCUT2D eigenvalue weighted by molar-refractivity contribution is 5.82. The van der Waals surface area contributed by atoms with Crippen LogP contribution < -0.4 is 5.32 Å². The SMILES string of the molecule is CCCN(CC1CC1)C(=O)[C@H]1CCCN1. The summed E-state index contributed by atoms with van der Waals surface area (Å²) in [5, 5.41) is 3.30. The van der Waals surface area contributed by atoms with Crippen molar-refractivity contribution >= 4 is 5.91 Å². The third-order valence-corrected chi connectivity index (χ3v) is 3.34. The summed E-state index contributed by atoms with van der Waals surface area (Å²) in [7, 11) is 0. The van der Waals surface area contributed by atoms with E-state index in [0.717, 1.165) is 44.8 Å². The average molecular weight is 210 g/mol. The van der Waals surface area contributed by atoms with Crippen LogP contribution in [0.25, 0.3) is 0 Å². The molecular formula is C12H22N2O. The first-order valence-corrected chi connectivity index (χ1v) is 6.33. The second-order valence-electron chi connectivity index (χ2n) is 4.88. The maximum absolute atomic E-state index is 12.2. The van der Waals surface area contributed by atoms with Crippen molar-refractivity contribution in [2.45, 2.75) is 45.1 Å². The van der Waals surface area contributed by atoms with E-state index in [4.69, 9.17) is 0 Å². The summed E-state index contributed by atoms with van der Waals surface area (Å²) in [6.07, 6.45) is 5.91. The summed E-state index contributed by atoms with van der Waals surface area (Å²) in [4.78, 5) is 14.2. The number of nitrogens with zero attached hydrogens (tertiary/aromatic N) is 1. The van der Waals surface area contributed by atoms with Gasteiger partial charge in [-0.2, -0.15) is 0 Å². The van der Waals surface area contributed by atoms with Crippen molar-refractivity contribution < 1.29 is 4.79 Å². The van der Waals surface area contributed by atoms with E-state index in [1.54, 1.807) is 0 Å². The highest BCUT2D eigenvalue weighted by Crippen LogP contribution is 2.30. The minimum absolute atomic E-state index is 0.121. The number of hydrogen-bond donors (Lipinski definition) is 1. The van der Waals surface area contributed by atoms with E-state index >= 15 is 0 Å². The van der Waals surface area contributed by atoms with Gasteiger partial charge in [0.15, 0.2) is 0 Å². The standard InChI is InChI=1S/C12H22N2O/c1-2-8-14(9-10-5-6-10)12(15)11-4-3-7-13-11/h10-11,13H,2-9H2,1H3/t11-/m1/s1. The van der Waals surface area contributed by atoms with E-state index in [2.05, 4.69) is 17.1 Å². The van der Waals surface area contributed by atoms with Crippen LogP contribution in [0.4, 0.5) is 0 Å². The van der Waals surface area contributed by atoms with Crippen molar-refractivity contribution in [3.8, 4) is 0 Å². The molecule has 1 saturated carbocycles. The predicted molar refractivity (Wildman–Crippen MR) is 60.6 cm³/mol. The maximum atomic E-state index is 12.2. The number of carbonyl (C=O) groups is 1. The molecule has 3 nitrogen and oxygen atoms in total. The van der Waals surface area contributed by atoms with Crippen LogP contribution in [0.3, 0.4) is 0 Å². The van der Waals surface area contributed by atoms with Crippen molar-refractivity contribution in [2.75, 3.05) is 19.6 Å². The molecule has 0 unspecified atom stereocenters. The molecule has 2 fully saturated rings. The quantitative estimate of drug-likeness (QED) is 0.743. The molecule has 1 atom stereocenters. The second kappa shape index (κ2) is 4.97. The zero-order valence-electron chi connectivity index (χ0n) is 9.67. The molecule has 1 saturated heterocycles.